The molecule has 19 heavy (non-hydrogen) atoms. The van der Waals surface area contributed by atoms with E-state index < -0.39 is 0 Å². The Balaban J connectivity index is 1.68. The van der Waals surface area contributed by atoms with Crippen molar-refractivity contribution in [1.82, 2.24) is 10.2 Å². The van der Waals surface area contributed by atoms with Crippen LogP contribution >= 0.6 is 0 Å². The highest BCUT2D eigenvalue weighted by Gasteiger charge is 2.19. The van der Waals surface area contributed by atoms with E-state index in [2.05, 4.69) is 17.1 Å². The highest BCUT2D eigenvalue weighted by atomic mass is 15.1. The van der Waals surface area contributed by atoms with Crippen LogP contribution in [-0.2, 0) is 0 Å². The molecule has 1 atom stereocenters. The van der Waals surface area contributed by atoms with Gasteiger partial charge in [0.15, 0.2) is 0 Å². The Hall–Kier alpha value is -0.0800. The lowest BCUT2D eigenvalue weighted by Gasteiger charge is -2.29. The van der Waals surface area contributed by atoms with Crippen LogP contribution in [0.1, 0.15) is 71.1 Å². The first-order valence-corrected chi connectivity index (χ1v) is 8.84. The van der Waals surface area contributed by atoms with Gasteiger partial charge in [0, 0.05) is 12.6 Å². The van der Waals surface area contributed by atoms with E-state index >= 15 is 0 Å². The molecule has 1 heterocycles. The zero-order valence-electron chi connectivity index (χ0n) is 13.0. The molecule has 1 saturated carbocycles. The van der Waals surface area contributed by atoms with Crippen LogP contribution < -0.4 is 5.32 Å². The van der Waals surface area contributed by atoms with Gasteiger partial charge in [-0.1, -0.05) is 45.4 Å². The molecule has 2 rings (SSSR count). The molecule has 1 aliphatic carbocycles. The molecule has 1 saturated heterocycles. The van der Waals surface area contributed by atoms with Gasteiger partial charge in [0.2, 0.25) is 0 Å². The highest BCUT2D eigenvalue weighted by molar-refractivity contribution is 4.78. The topological polar surface area (TPSA) is 15.3 Å². The minimum absolute atomic E-state index is 0.781. The van der Waals surface area contributed by atoms with Crippen LogP contribution in [0.5, 0.6) is 0 Å². The Labute approximate surface area is 120 Å². The van der Waals surface area contributed by atoms with E-state index in [1.54, 1.807) is 0 Å². The molecule has 1 N–H and O–H groups in total. The van der Waals surface area contributed by atoms with Crippen molar-refractivity contribution in [2.45, 2.75) is 77.2 Å². The van der Waals surface area contributed by atoms with E-state index in [0.29, 0.717) is 0 Å². The maximum Gasteiger partial charge on any atom is 0.0195 e. The van der Waals surface area contributed by atoms with E-state index in [9.17, 15) is 0 Å². The average Bonchev–Trinajstić information content (AvgIpc) is 2.96. The summed E-state index contributed by atoms with van der Waals surface area (Å²) in [5.41, 5.74) is 0. The van der Waals surface area contributed by atoms with E-state index in [4.69, 9.17) is 0 Å². The monoisotopic (exact) mass is 266 g/mol. The molecular weight excluding hydrogens is 232 g/mol. The number of hydrogen-bond donors (Lipinski definition) is 1. The summed E-state index contributed by atoms with van der Waals surface area (Å²) in [6, 6.07) is 0.781. The molecule has 0 amide bonds. The van der Waals surface area contributed by atoms with E-state index in [1.807, 2.05) is 0 Å². The van der Waals surface area contributed by atoms with Crippen LogP contribution in [0.4, 0.5) is 0 Å². The third-order valence-corrected chi connectivity index (χ3v) is 5.05. The second-order valence-corrected chi connectivity index (χ2v) is 6.74. The minimum Gasteiger partial charge on any atom is -0.313 e. The third-order valence-electron chi connectivity index (χ3n) is 5.05. The first-order valence-electron chi connectivity index (χ1n) is 8.84. The van der Waals surface area contributed by atoms with Crippen LogP contribution in [0.25, 0.3) is 0 Å². The summed E-state index contributed by atoms with van der Waals surface area (Å²) < 4.78 is 0. The van der Waals surface area contributed by atoms with Crippen molar-refractivity contribution in [3.63, 3.8) is 0 Å². The van der Waals surface area contributed by atoms with Crippen molar-refractivity contribution >= 4 is 0 Å². The van der Waals surface area contributed by atoms with Crippen molar-refractivity contribution in [3.05, 3.63) is 0 Å². The zero-order valence-corrected chi connectivity index (χ0v) is 13.0. The summed E-state index contributed by atoms with van der Waals surface area (Å²) in [6.45, 7) is 7.53. The van der Waals surface area contributed by atoms with Gasteiger partial charge >= 0.3 is 0 Å². The van der Waals surface area contributed by atoms with Gasteiger partial charge in [0.1, 0.15) is 0 Å². The van der Waals surface area contributed by atoms with Gasteiger partial charge < -0.3 is 10.2 Å². The minimum atomic E-state index is 0.781. The van der Waals surface area contributed by atoms with Gasteiger partial charge in [-0.2, -0.15) is 0 Å². The molecule has 0 radical (unpaired) electrons. The van der Waals surface area contributed by atoms with Crippen LogP contribution in [0.2, 0.25) is 0 Å². The van der Waals surface area contributed by atoms with Crippen molar-refractivity contribution in [3.8, 4) is 0 Å². The number of nitrogens with zero attached hydrogens (tertiary/aromatic N) is 1. The maximum atomic E-state index is 3.66. The summed E-state index contributed by atoms with van der Waals surface area (Å²) in [5.74, 6) is 1.04. The van der Waals surface area contributed by atoms with Crippen LogP contribution in [0.3, 0.4) is 0 Å². The lowest BCUT2D eigenvalue weighted by molar-refractivity contribution is 0.213. The zero-order chi connectivity index (χ0) is 13.3. The number of rotatable bonds is 8. The van der Waals surface area contributed by atoms with E-state index in [1.165, 1.54) is 90.4 Å². The molecule has 2 nitrogen and oxygen atoms in total. The summed E-state index contributed by atoms with van der Waals surface area (Å²) >= 11 is 0. The predicted octanol–water partition coefficient (Wildman–Crippen LogP) is 3.81. The van der Waals surface area contributed by atoms with E-state index in [-0.39, 0.29) is 0 Å². The fourth-order valence-corrected chi connectivity index (χ4v) is 3.74. The van der Waals surface area contributed by atoms with Gasteiger partial charge in [-0.05, 0) is 51.2 Å². The molecule has 2 heteroatoms. The lowest BCUT2D eigenvalue weighted by Crippen LogP contribution is -2.39. The Morgan fingerprint density at radius 2 is 1.84 bits per heavy atom. The summed E-state index contributed by atoms with van der Waals surface area (Å²) in [5, 5.41) is 3.66. The van der Waals surface area contributed by atoms with Crippen molar-refractivity contribution in [2.24, 2.45) is 5.92 Å². The molecule has 0 spiro atoms. The van der Waals surface area contributed by atoms with Crippen LogP contribution in [0, 0.1) is 5.92 Å². The molecule has 0 aromatic rings. The first-order chi connectivity index (χ1) is 9.38. The van der Waals surface area contributed by atoms with E-state index in [0.717, 1.165) is 12.0 Å². The normalized spacial score (nSPS) is 25.3. The Morgan fingerprint density at radius 3 is 2.53 bits per heavy atom. The Kier molecular flexibility index (Phi) is 7.23. The van der Waals surface area contributed by atoms with Gasteiger partial charge in [-0.25, -0.2) is 0 Å². The number of unbranched alkanes of at least 4 members (excludes halogenated alkanes) is 1. The molecule has 2 aliphatic rings. The summed E-state index contributed by atoms with van der Waals surface area (Å²) in [6.07, 6.45) is 14.4. The predicted molar refractivity (Wildman–Crippen MR) is 83.6 cm³/mol. The molecule has 1 unspecified atom stereocenters. The number of hydrogen-bond acceptors (Lipinski definition) is 2. The number of nitrogens with one attached hydrogen (secondary N) is 1. The molecular formula is C17H34N2. The smallest absolute Gasteiger partial charge is 0.0195 e. The van der Waals surface area contributed by atoms with Gasteiger partial charge in [-0.15, -0.1) is 0 Å². The molecule has 0 aromatic carbocycles. The second kappa shape index (κ2) is 8.97. The fraction of sp³-hybridized carbons (Fsp3) is 1.00. The highest BCUT2D eigenvalue weighted by Crippen LogP contribution is 2.26. The third kappa shape index (κ3) is 5.83. The van der Waals surface area contributed by atoms with Crippen molar-refractivity contribution in [1.29, 1.82) is 0 Å². The first kappa shape index (κ1) is 15.3. The Morgan fingerprint density at radius 1 is 1.00 bits per heavy atom. The van der Waals surface area contributed by atoms with Gasteiger partial charge in [0.25, 0.3) is 0 Å². The maximum absolute atomic E-state index is 3.66. The average molecular weight is 266 g/mol. The van der Waals surface area contributed by atoms with Gasteiger partial charge in [-0.3, -0.25) is 0 Å². The van der Waals surface area contributed by atoms with Gasteiger partial charge in [0.05, 0.1) is 0 Å². The second-order valence-electron chi connectivity index (χ2n) is 6.74. The molecule has 112 valence electrons. The quantitative estimate of drug-likeness (QED) is 0.718. The molecule has 0 aromatic heterocycles. The largest absolute Gasteiger partial charge is 0.313 e. The summed E-state index contributed by atoms with van der Waals surface area (Å²) in [4.78, 5) is 2.75. The molecule has 0 bridgehead atoms. The molecule has 1 aliphatic heterocycles. The Bertz CT molecular complexity index is 217. The fourth-order valence-electron chi connectivity index (χ4n) is 3.74. The van der Waals surface area contributed by atoms with Crippen molar-refractivity contribution in [2.75, 3.05) is 26.2 Å². The van der Waals surface area contributed by atoms with Crippen LogP contribution in [-0.4, -0.2) is 37.1 Å². The van der Waals surface area contributed by atoms with Crippen molar-refractivity contribution < 1.29 is 0 Å². The SMILES string of the molecule is CCCCN(CCC1CCCCC1)CC1CCCN1. The lowest BCUT2D eigenvalue weighted by atomic mass is 9.87. The molecule has 2 fully saturated rings. The summed E-state index contributed by atoms with van der Waals surface area (Å²) in [7, 11) is 0. The standard InChI is InChI=1S/C17H34N2/c1-2-3-13-19(15-17-10-7-12-18-17)14-11-16-8-5-4-6-9-16/h16-18H,2-15H2,1H3. The van der Waals surface area contributed by atoms with Crippen LogP contribution in [0.15, 0.2) is 0 Å².